The molecular formula is C25H27N3O3S. The van der Waals surface area contributed by atoms with Gasteiger partial charge in [0.2, 0.25) is 0 Å². The highest BCUT2D eigenvalue weighted by atomic mass is 32.1. The molecule has 0 radical (unpaired) electrons. The zero-order valence-electron chi connectivity index (χ0n) is 17.8. The van der Waals surface area contributed by atoms with Crippen LogP contribution >= 0.6 is 11.3 Å². The lowest BCUT2D eigenvalue weighted by Gasteiger charge is -2.31. The van der Waals surface area contributed by atoms with Gasteiger partial charge in [0.05, 0.1) is 6.26 Å². The molecule has 0 saturated carbocycles. The summed E-state index contributed by atoms with van der Waals surface area (Å²) in [6, 6.07) is 16.6. The van der Waals surface area contributed by atoms with Gasteiger partial charge in [-0.15, -0.1) is 11.3 Å². The zero-order chi connectivity index (χ0) is 22.2. The monoisotopic (exact) mass is 449 g/mol. The second kappa shape index (κ2) is 10.9. The highest BCUT2D eigenvalue weighted by Gasteiger charge is 2.21. The van der Waals surface area contributed by atoms with Gasteiger partial charge in [-0.05, 0) is 67.6 Å². The fraction of sp³-hybridized carbons (Fsp3) is 0.280. The van der Waals surface area contributed by atoms with Gasteiger partial charge in [-0.1, -0.05) is 24.3 Å². The van der Waals surface area contributed by atoms with E-state index in [9.17, 15) is 9.59 Å². The third-order valence-corrected chi connectivity index (χ3v) is 6.44. The summed E-state index contributed by atoms with van der Waals surface area (Å²) in [7, 11) is 0. The number of furan rings is 1. The second-order valence-electron chi connectivity index (χ2n) is 7.90. The first-order valence-corrected chi connectivity index (χ1v) is 11.7. The van der Waals surface area contributed by atoms with Crippen molar-refractivity contribution in [1.82, 2.24) is 15.5 Å². The maximum Gasteiger partial charge on any atom is 0.267 e. The first-order chi connectivity index (χ1) is 15.7. The maximum absolute atomic E-state index is 12.9. The van der Waals surface area contributed by atoms with Crippen LogP contribution in [-0.4, -0.2) is 36.3 Å². The Balaban J connectivity index is 1.32. The molecule has 0 unspecified atom stereocenters. The van der Waals surface area contributed by atoms with E-state index in [0.717, 1.165) is 32.5 Å². The Morgan fingerprint density at radius 2 is 1.88 bits per heavy atom. The van der Waals surface area contributed by atoms with Gasteiger partial charge in [0.15, 0.2) is 0 Å². The Morgan fingerprint density at radius 1 is 1.06 bits per heavy atom. The minimum atomic E-state index is -0.333. The van der Waals surface area contributed by atoms with Gasteiger partial charge in [0, 0.05) is 29.6 Å². The molecule has 2 N–H and O–H groups in total. The molecule has 0 bridgehead atoms. The van der Waals surface area contributed by atoms with E-state index in [1.165, 1.54) is 11.1 Å². The van der Waals surface area contributed by atoms with Crippen molar-refractivity contribution in [1.29, 1.82) is 0 Å². The predicted octanol–water partition coefficient (Wildman–Crippen LogP) is 4.14. The van der Waals surface area contributed by atoms with Gasteiger partial charge in [0.25, 0.3) is 11.8 Å². The van der Waals surface area contributed by atoms with Gasteiger partial charge in [0.1, 0.15) is 11.5 Å². The van der Waals surface area contributed by atoms with Crippen LogP contribution < -0.4 is 10.6 Å². The fourth-order valence-electron chi connectivity index (χ4n) is 3.76. The summed E-state index contributed by atoms with van der Waals surface area (Å²) in [5, 5.41) is 7.85. The van der Waals surface area contributed by atoms with Crippen LogP contribution in [-0.2, 0) is 11.3 Å². The Labute approximate surface area is 191 Å². The molecule has 0 atom stereocenters. The molecular weight excluding hydrogens is 422 g/mol. The maximum atomic E-state index is 12.9. The van der Waals surface area contributed by atoms with Crippen molar-refractivity contribution in [3.05, 3.63) is 88.1 Å². The summed E-state index contributed by atoms with van der Waals surface area (Å²) in [6.45, 7) is 3.64. The van der Waals surface area contributed by atoms with Crippen LogP contribution in [0.15, 0.2) is 76.4 Å². The summed E-state index contributed by atoms with van der Waals surface area (Å²) >= 11 is 1.79. The molecule has 1 fully saturated rings. The number of piperidine rings is 1. The van der Waals surface area contributed by atoms with Crippen LogP contribution in [0.4, 0.5) is 0 Å². The van der Waals surface area contributed by atoms with Crippen molar-refractivity contribution in [2.75, 3.05) is 19.6 Å². The van der Waals surface area contributed by atoms with Gasteiger partial charge >= 0.3 is 0 Å². The highest BCUT2D eigenvalue weighted by Crippen LogP contribution is 2.20. The molecule has 32 heavy (non-hydrogen) atoms. The van der Waals surface area contributed by atoms with E-state index >= 15 is 0 Å². The van der Waals surface area contributed by atoms with Crippen molar-refractivity contribution in [2.24, 2.45) is 5.92 Å². The van der Waals surface area contributed by atoms with E-state index < -0.39 is 0 Å². The van der Waals surface area contributed by atoms with Crippen LogP contribution in [0.25, 0.3) is 6.08 Å². The number of hydrogen-bond acceptors (Lipinski definition) is 5. The molecule has 7 heteroatoms. The Morgan fingerprint density at radius 3 is 2.56 bits per heavy atom. The van der Waals surface area contributed by atoms with Gasteiger partial charge < -0.3 is 15.1 Å². The summed E-state index contributed by atoms with van der Waals surface area (Å²) in [6.07, 6.45) is 5.17. The molecule has 0 aliphatic carbocycles. The summed E-state index contributed by atoms with van der Waals surface area (Å²) < 4.78 is 5.34. The number of benzene rings is 1. The van der Waals surface area contributed by atoms with Crippen molar-refractivity contribution in [3.63, 3.8) is 0 Å². The molecule has 166 valence electrons. The van der Waals surface area contributed by atoms with Crippen LogP contribution in [0, 0.1) is 5.92 Å². The number of likely N-dealkylation sites (tertiary alicyclic amines) is 1. The van der Waals surface area contributed by atoms with Crippen LogP contribution in [0.2, 0.25) is 0 Å². The molecule has 1 aliphatic rings. The summed E-state index contributed by atoms with van der Waals surface area (Å²) in [5.41, 5.74) is 0.660. The molecule has 1 aliphatic heterocycles. The predicted molar refractivity (Wildman–Crippen MR) is 126 cm³/mol. The van der Waals surface area contributed by atoms with Gasteiger partial charge in [-0.3, -0.25) is 14.5 Å². The molecule has 2 amide bonds. The SMILES string of the molecule is O=C(NCC1CCN(Cc2cccs2)CC1)C(=Cc1ccco1)NC(=O)c1ccccc1. The number of carbonyl (C=O) groups excluding carboxylic acids is 2. The summed E-state index contributed by atoms with van der Waals surface area (Å²) in [5.74, 6) is 0.283. The van der Waals surface area contributed by atoms with E-state index in [0.29, 0.717) is 23.8 Å². The van der Waals surface area contributed by atoms with E-state index in [4.69, 9.17) is 4.42 Å². The number of nitrogens with one attached hydrogen (secondary N) is 2. The number of hydrogen-bond donors (Lipinski definition) is 2. The van der Waals surface area contributed by atoms with Gasteiger partial charge in [-0.25, -0.2) is 0 Å². The van der Waals surface area contributed by atoms with E-state index in [1.807, 2.05) is 6.07 Å². The topological polar surface area (TPSA) is 74.6 Å². The standard InChI is InChI=1S/C25H27N3O3S/c29-24(20-6-2-1-3-7-20)27-23(16-21-8-4-14-31-21)25(30)26-17-19-10-12-28(13-11-19)18-22-9-5-15-32-22/h1-9,14-16,19H,10-13,17-18H2,(H,26,30)(H,27,29). The lowest BCUT2D eigenvalue weighted by molar-refractivity contribution is -0.118. The van der Waals surface area contributed by atoms with Crippen molar-refractivity contribution in [2.45, 2.75) is 19.4 Å². The molecule has 4 rings (SSSR count). The minimum Gasteiger partial charge on any atom is -0.465 e. The third-order valence-electron chi connectivity index (χ3n) is 5.58. The lowest BCUT2D eigenvalue weighted by atomic mass is 9.96. The number of rotatable bonds is 8. The molecule has 1 saturated heterocycles. The van der Waals surface area contributed by atoms with Crippen molar-refractivity contribution >= 4 is 29.2 Å². The largest absolute Gasteiger partial charge is 0.465 e. The third kappa shape index (κ3) is 6.18. The van der Waals surface area contributed by atoms with E-state index in [1.54, 1.807) is 53.8 Å². The first-order valence-electron chi connectivity index (χ1n) is 10.8. The van der Waals surface area contributed by atoms with E-state index in [-0.39, 0.29) is 17.5 Å². The second-order valence-corrected chi connectivity index (χ2v) is 8.93. The zero-order valence-corrected chi connectivity index (χ0v) is 18.6. The molecule has 3 heterocycles. The molecule has 6 nitrogen and oxygen atoms in total. The van der Waals surface area contributed by atoms with Crippen LogP contribution in [0.5, 0.6) is 0 Å². The van der Waals surface area contributed by atoms with E-state index in [2.05, 4.69) is 33.0 Å². The number of nitrogens with zero attached hydrogens (tertiary/aromatic N) is 1. The molecule has 2 aromatic heterocycles. The Kier molecular flexibility index (Phi) is 7.53. The van der Waals surface area contributed by atoms with Crippen molar-refractivity contribution < 1.29 is 14.0 Å². The fourth-order valence-corrected chi connectivity index (χ4v) is 4.51. The highest BCUT2D eigenvalue weighted by molar-refractivity contribution is 7.09. The number of amides is 2. The Bertz CT molecular complexity index is 1020. The lowest BCUT2D eigenvalue weighted by Crippen LogP contribution is -2.40. The number of thiophene rings is 1. The summed E-state index contributed by atoms with van der Waals surface area (Å²) in [4.78, 5) is 29.4. The minimum absolute atomic E-state index is 0.170. The first kappa shape index (κ1) is 22.0. The smallest absolute Gasteiger partial charge is 0.267 e. The normalized spacial score (nSPS) is 15.4. The molecule has 3 aromatic rings. The average molecular weight is 450 g/mol. The molecule has 0 spiro atoms. The Hall–Kier alpha value is -3.16. The molecule has 1 aromatic carbocycles. The number of carbonyl (C=O) groups is 2. The van der Waals surface area contributed by atoms with Crippen molar-refractivity contribution in [3.8, 4) is 0 Å². The van der Waals surface area contributed by atoms with Crippen LogP contribution in [0.3, 0.4) is 0 Å². The average Bonchev–Trinajstić information content (AvgIpc) is 3.53. The van der Waals surface area contributed by atoms with Crippen LogP contribution in [0.1, 0.15) is 33.8 Å². The quantitative estimate of drug-likeness (QED) is 0.507. The van der Waals surface area contributed by atoms with Gasteiger partial charge in [-0.2, -0.15) is 0 Å².